The molecule has 0 aromatic carbocycles. The Balaban J connectivity index is 4.14. The molecule has 0 aromatic rings. The van der Waals surface area contributed by atoms with Crippen molar-refractivity contribution in [3.05, 3.63) is 0 Å². The maximum atomic E-state index is 12.1. The van der Waals surface area contributed by atoms with E-state index in [4.69, 9.17) is 9.47 Å². The Bertz CT molecular complexity index is 226. The van der Waals surface area contributed by atoms with Crippen LogP contribution < -0.4 is 0 Å². The van der Waals surface area contributed by atoms with Gasteiger partial charge in [0.1, 0.15) is 0 Å². The normalized spacial score (nSPS) is 14.4. The zero-order valence-corrected chi connectivity index (χ0v) is 13.4. The summed E-state index contributed by atoms with van der Waals surface area (Å²) >= 11 is 0. The smallest absolute Gasteiger partial charge is 0.311 e. The number of hydrogen-bond donors (Lipinski definition) is 0. The average Bonchev–Trinajstić information content (AvgIpc) is 2.37. The maximum Gasteiger partial charge on any atom is 0.311 e. The Hall–Kier alpha value is -0.570. The minimum atomic E-state index is -0.117. The van der Waals surface area contributed by atoms with Crippen LogP contribution >= 0.6 is 0 Å². The molecule has 3 nitrogen and oxygen atoms in total. The van der Waals surface area contributed by atoms with Gasteiger partial charge in [-0.15, -0.1) is 0 Å². The summed E-state index contributed by atoms with van der Waals surface area (Å²) in [5.74, 6) is 0.778. The predicted octanol–water partition coefficient (Wildman–Crippen LogP) is 4.05. The summed E-state index contributed by atoms with van der Waals surface area (Å²) in [6, 6.07) is 0. The van der Waals surface area contributed by atoms with Gasteiger partial charge in [-0.2, -0.15) is 0 Å². The minimum absolute atomic E-state index is 0.0921. The molecule has 0 aliphatic rings. The van der Waals surface area contributed by atoms with Crippen molar-refractivity contribution in [3.8, 4) is 0 Å². The van der Waals surface area contributed by atoms with E-state index in [0.717, 1.165) is 19.3 Å². The van der Waals surface area contributed by atoms with Crippen LogP contribution in [0.15, 0.2) is 0 Å². The highest BCUT2D eigenvalue weighted by Crippen LogP contribution is 2.17. The number of ether oxygens (including phenoxy) is 2. The van der Waals surface area contributed by atoms with Gasteiger partial charge >= 0.3 is 5.97 Å². The molecule has 0 saturated carbocycles. The van der Waals surface area contributed by atoms with E-state index in [0.29, 0.717) is 25.0 Å². The number of methoxy groups -OCH3 is 1. The monoisotopic (exact) mass is 272 g/mol. The highest BCUT2D eigenvalue weighted by Gasteiger charge is 2.22. The van der Waals surface area contributed by atoms with Crippen LogP contribution in [0.1, 0.15) is 59.8 Å². The lowest BCUT2D eigenvalue weighted by molar-refractivity contribution is -0.152. The van der Waals surface area contributed by atoms with Crippen LogP contribution in [0.2, 0.25) is 0 Å². The SMILES string of the molecule is CCCCC(CC)COC(=O)C(COC)CC(C)C. The fraction of sp³-hybridized carbons (Fsp3) is 0.938. The van der Waals surface area contributed by atoms with Gasteiger partial charge in [0, 0.05) is 7.11 Å². The lowest BCUT2D eigenvalue weighted by Gasteiger charge is -2.20. The molecule has 0 spiro atoms. The third-order valence-electron chi connectivity index (χ3n) is 3.46. The first kappa shape index (κ1) is 18.4. The summed E-state index contributed by atoms with van der Waals surface area (Å²) in [5.41, 5.74) is 0. The van der Waals surface area contributed by atoms with Crippen molar-refractivity contribution in [1.29, 1.82) is 0 Å². The van der Waals surface area contributed by atoms with Crippen LogP contribution in [0.4, 0.5) is 0 Å². The molecule has 2 unspecified atom stereocenters. The van der Waals surface area contributed by atoms with Gasteiger partial charge in [-0.25, -0.2) is 0 Å². The number of hydrogen-bond acceptors (Lipinski definition) is 3. The van der Waals surface area contributed by atoms with Crippen LogP contribution in [-0.2, 0) is 14.3 Å². The fourth-order valence-corrected chi connectivity index (χ4v) is 2.22. The van der Waals surface area contributed by atoms with E-state index in [9.17, 15) is 4.79 Å². The topological polar surface area (TPSA) is 35.5 Å². The maximum absolute atomic E-state index is 12.1. The Labute approximate surface area is 119 Å². The van der Waals surface area contributed by atoms with E-state index in [1.165, 1.54) is 12.8 Å². The molecule has 0 amide bonds. The van der Waals surface area contributed by atoms with Crippen molar-refractivity contribution in [3.63, 3.8) is 0 Å². The van der Waals surface area contributed by atoms with E-state index in [-0.39, 0.29) is 11.9 Å². The molecule has 0 fully saturated rings. The third kappa shape index (κ3) is 9.04. The molecule has 114 valence electrons. The predicted molar refractivity (Wildman–Crippen MR) is 79.1 cm³/mol. The van der Waals surface area contributed by atoms with E-state index in [1.807, 2.05) is 0 Å². The molecule has 0 aromatic heterocycles. The van der Waals surface area contributed by atoms with Crippen molar-refractivity contribution in [2.24, 2.45) is 17.8 Å². The van der Waals surface area contributed by atoms with Gasteiger partial charge < -0.3 is 9.47 Å². The molecule has 19 heavy (non-hydrogen) atoms. The number of esters is 1. The van der Waals surface area contributed by atoms with Gasteiger partial charge in [-0.05, 0) is 24.7 Å². The van der Waals surface area contributed by atoms with Crippen LogP contribution in [0.3, 0.4) is 0 Å². The minimum Gasteiger partial charge on any atom is -0.465 e. The lowest BCUT2D eigenvalue weighted by atomic mass is 9.97. The van der Waals surface area contributed by atoms with E-state index < -0.39 is 0 Å². The summed E-state index contributed by atoms with van der Waals surface area (Å²) in [4.78, 5) is 12.1. The van der Waals surface area contributed by atoms with Crippen molar-refractivity contribution in [2.45, 2.75) is 59.8 Å². The fourth-order valence-electron chi connectivity index (χ4n) is 2.22. The summed E-state index contributed by atoms with van der Waals surface area (Å²) in [6.07, 6.45) is 5.47. The molecule has 0 aliphatic heterocycles. The highest BCUT2D eigenvalue weighted by atomic mass is 16.5. The second-order valence-corrected chi connectivity index (χ2v) is 5.83. The molecular formula is C16H32O3. The first-order valence-electron chi connectivity index (χ1n) is 7.70. The Kier molecular flexibility index (Phi) is 10.9. The van der Waals surface area contributed by atoms with Crippen LogP contribution in [0.5, 0.6) is 0 Å². The Morgan fingerprint density at radius 2 is 1.84 bits per heavy atom. The summed E-state index contributed by atoms with van der Waals surface area (Å²) in [7, 11) is 1.64. The third-order valence-corrected chi connectivity index (χ3v) is 3.46. The quantitative estimate of drug-likeness (QED) is 0.532. The van der Waals surface area contributed by atoms with Crippen LogP contribution in [0, 0.1) is 17.8 Å². The first-order chi connectivity index (χ1) is 9.04. The largest absolute Gasteiger partial charge is 0.465 e. The molecule has 0 N–H and O–H groups in total. The standard InChI is InChI=1S/C16H32O3/c1-6-8-9-14(7-2)11-19-16(17)15(12-18-5)10-13(3)4/h13-15H,6-12H2,1-5H3. The average molecular weight is 272 g/mol. The number of carbonyl (C=O) groups is 1. The molecule has 0 rings (SSSR count). The highest BCUT2D eigenvalue weighted by molar-refractivity contribution is 5.72. The lowest BCUT2D eigenvalue weighted by Crippen LogP contribution is -2.26. The van der Waals surface area contributed by atoms with E-state index >= 15 is 0 Å². The van der Waals surface area contributed by atoms with Crippen LogP contribution in [-0.4, -0.2) is 26.3 Å². The molecule has 0 saturated heterocycles. The van der Waals surface area contributed by atoms with Crippen molar-refractivity contribution in [1.82, 2.24) is 0 Å². The zero-order valence-electron chi connectivity index (χ0n) is 13.4. The summed E-state index contributed by atoms with van der Waals surface area (Å²) in [6.45, 7) is 9.61. The molecule has 2 atom stereocenters. The van der Waals surface area contributed by atoms with Crippen molar-refractivity contribution < 1.29 is 14.3 Å². The second-order valence-electron chi connectivity index (χ2n) is 5.83. The zero-order chi connectivity index (χ0) is 14.7. The summed E-state index contributed by atoms with van der Waals surface area (Å²) in [5, 5.41) is 0. The number of rotatable bonds is 11. The molecule has 0 bridgehead atoms. The Morgan fingerprint density at radius 3 is 2.32 bits per heavy atom. The Morgan fingerprint density at radius 1 is 1.16 bits per heavy atom. The van der Waals surface area contributed by atoms with E-state index in [1.54, 1.807) is 7.11 Å². The second kappa shape index (κ2) is 11.3. The van der Waals surface area contributed by atoms with Gasteiger partial charge in [0.15, 0.2) is 0 Å². The van der Waals surface area contributed by atoms with Gasteiger partial charge in [-0.3, -0.25) is 4.79 Å². The van der Waals surface area contributed by atoms with E-state index in [2.05, 4.69) is 27.7 Å². The van der Waals surface area contributed by atoms with Gasteiger partial charge in [0.25, 0.3) is 0 Å². The van der Waals surface area contributed by atoms with Crippen molar-refractivity contribution in [2.75, 3.05) is 20.3 Å². The van der Waals surface area contributed by atoms with Crippen LogP contribution in [0.25, 0.3) is 0 Å². The molecule has 0 aliphatic carbocycles. The van der Waals surface area contributed by atoms with Gasteiger partial charge in [-0.1, -0.05) is 47.0 Å². The summed E-state index contributed by atoms with van der Waals surface area (Å²) < 4.78 is 10.6. The molecular weight excluding hydrogens is 240 g/mol. The number of carbonyl (C=O) groups excluding carboxylic acids is 1. The van der Waals surface area contributed by atoms with Crippen molar-refractivity contribution >= 4 is 5.97 Å². The molecule has 3 heteroatoms. The van der Waals surface area contributed by atoms with Gasteiger partial charge in [0.05, 0.1) is 19.1 Å². The first-order valence-corrected chi connectivity index (χ1v) is 7.70. The number of unbranched alkanes of at least 4 members (excludes halogenated alkanes) is 1. The molecule has 0 heterocycles. The van der Waals surface area contributed by atoms with Gasteiger partial charge in [0.2, 0.25) is 0 Å². The molecule has 0 radical (unpaired) electrons.